The summed E-state index contributed by atoms with van der Waals surface area (Å²) >= 11 is 2.14. The van der Waals surface area contributed by atoms with E-state index < -0.39 is 15.8 Å². The van der Waals surface area contributed by atoms with E-state index >= 15 is 0 Å². The smallest absolute Gasteiger partial charge is 0.207 e. The van der Waals surface area contributed by atoms with Crippen molar-refractivity contribution in [1.29, 1.82) is 0 Å². The minimum absolute atomic E-state index is 0.0120. The van der Waals surface area contributed by atoms with Gasteiger partial charge >= 0.3 is 0 Å². The molecule has 0 aromatic heterocycles. The summed E-state index contributed by atoms with van der Waals surface area (Å²) < 4.78 is 40.9. The average molecular weight is 385 g/mol. The van der Waals surface area contributed by atoms with Crippen LogP contribution in [0.5, 0.6) is 0 Å². The molecule has 18 heavy (non-hydrogen) atoms. The lowest BCUT2D eigenvalue weighted by atomic mass is 10.1. The Hall–Kier alpha value is -0.210. The number of benzene rings is 1. The van der Waals surface area contributed by atoms with Gasteiger partial charge in [0.1, 0.15) is 5.82 Å². The van der Waals surface area contributed by atoms with Gasteiger partial charge in [-0.3, -0.25) is 0 Å². The van der Waals surface area contributed by atoms with Gasteiger partial charge in [-0.2, -0.15) is 0 Å². The normalized spacial score (nSPS) is 13.9. The van der Waals surface area contributed by atoms with Gasteiger partial charge in [0.05, 0.1) is 4.90 Å². The zero-order valence-electron chi connectivity index (χ0n) is 10.6. The molecule has 1 rings (SSSR count). The van der Waals surface area contributed by atoms with Crippen molar-refractivity contribution in [3.8, 4) is 0 Å². The summed E-state index contributed by atoms with van der Waals surface area (Å²) in [7, 11) is -3.66. The van der Waals surface area contributed by atoms with E-state index in [-0.39, 0.29) is 16.9 Å². The van der Waals surface area contributed by atoms with Gasteiger partial charge in [-0.1, -0.05) is 42.5 Å². The van der Waals surface area contributed by atoms with Crippen molar-refractivity contribution in [2.24, 2.45) is 5.92 Å². The van der Waals surface area contributed by atoms with Gasteiger partial charge < -0.3 is 0 Å². The molecule has 1 aromatic rings. The Balaban J connectivity index is 3.10. The molecule has 0 aliphatic carbocycles. The molecule has 1 atom stereocenters. The molecule has 1 N–H and O–H groups in total. The van der Waals surface area contributed by atoms with Gasteiger partial charge in [0.25, 0.3) is 0 Å². The lowest BCUT2D eigenvalue weighted by Gasteiger charge is -2.20. The molecule has 102 valence electrons. The molecule has 0 fully saturated rings. The van der Waals surface area contributed by atoms with Crippen molar-refractivity contribution in [3.05, 3.63) is 29.6 Å². The van der Waals surface area contributed by atoms with Gasteiger partial charge in [-0.05, 0) is 30.5 Å². The van der Waals surface area contributed by atoms with Crippen LogP contribution in [0.2, 0.25) is 0 Å². The van der Waals surface area contributed by atoms with Crippen LogP contribution in [-0.2, 0) is 10.0 Å². The maximum absolute atomic E-state index is 13.2. The zero-order chi connectivity index (χ0) is 13.9. The lowest BCUT2D eigenvalue weighted by molar-refractivity contribution is 0.485. The number of aryl methyl sites for hydroxylation is 1. The first-order chi connectivity index (χ1) is 8.27. The Morgan fingerprint density at radius 3 is 2.50 bits per heavy atom. The zero-order valence-corrected chi connectivity index (χ0v) is 13.5. The van der Waals surface area contributed by atoms with Crippen molar-refractivity contribution in [2.75, 3.05) is 4.43 Å². The molecule has 1 unspecified atom stereocenters. The van der Waals surface area contributed by atoms with Crippen LogP contribution in [0.1, 0.15) is 19.4 Å². The SMILES string of the molecule is Cc1ccc(F)cc1S(=O)(=O)NC(CI)C(C)C. The Morgan fingerprint density at radius 2 is 2.00 bits per heavy atom. The predicted molar refractivity (Wildman–Crippen MR) is 79.0 cm³/mol. The van der Waals surface area contributed by atoms with Crippen LogP contribution in [0.25, 0.3) is 0 Å². The largest absolute Gasteiger partial charge is 0.241 e. The molecule has 6 heteroatoms. The Morgan fingerprint density at radius 1 is 1.39 bits per heavy atom. The fourth-order valence-corrected chi connectivity index (χ4v) is 4.65. The summed E-state index contributed by atoms with van der Waals surface area (Å²) in [5.74, 6) is -0.359. The fourth-order valence-electron chi connectivity index (χ4n) is 1.47. The number of hydrogen-bond donors (Lipinski definition) is 1. The second kappa shape index (κ2) is 6.29. The van der Waals surface area contributed by atoms with E-state index in [2.05, 4.69) is 27.3 Å². The Kier molecular flexibility index (Phi) is 5.54. The van der Waals surface area contributed by atoms with Crippen LogP contribution in [0.15, 0.2) is 23.1 Å². The summed E-state index contributed by atoms with van der Waals surface area (Å²) in [5, 5.41) is 0. The highest BCUT2D eigenvalue weighted by atomic mass is 127. The van der Waals surface area contributed by atoms with Crippen LogP contribution < -0.4 is 4.72 Å². The first-order valence-corrected chi connectivity index (χ1v) is 8.63. The monoisotopic (exact) mass is 385 g/mol. The molecule has 0 heterocycles. The van der Waals surface area contributed by atoms with Gasteiger partial charge in [0.2, 0.25) is 10.0 Å². The maximum Gasteiger partial charge on any atom is 0.241 e. The fraction of sp³-hybridized carbons (Fsp3) is 0.500. The molecular formula is C12H17FINO2S. The minimum atomic E-state index is -3.66. The van der Waals surface area contributed by atoms with Gasteiger partial charge in [-0.15, -0.1) is 0 Å². The summed E-state index contributed by atoms with van der Waals surface area (Å²) in [6, 6.07) is 3.63. The third-order valence-electron chi connectivity index (χ3n) is 2.72. The van der Waals surface area contributed by atoms with Gasteiger partial charge in [0, 0.05) is 10.5 Å². The van der Waals surface area contributed by atoms with Crippen molar-refractivity contribution in [1.82, 2.24) is 4.72 Å². The van der Waals surface area contributed by atoms with Crippen LogP contribution in [0.3, 0.4) is 0 Å². The number of alkyl halides is 1. The highest BCUT2D eigenvalue weighted by molar-refractivity contribution is 14.1. The number of hydrogen-bond acceptors (Lipinski definition) is 2. The van der Waals surface area contributed by atoms with E-state index in [0.29, 0.717) is 9.99 Å². The molecule has 0 spiro atoms. The van der Waals surface area contributed by atoms with E-state index in [9.17, 15) is 12.8 Å². The quantitative estimate of drug-likeness (QED) is 0.626. The van der Waals surface area contributed by atoms with Crippen LogP contribution in [0.4, 0.5) is 4.39 Å². The van der Waals surface area contributed by atoms with E-state index in [1.807, 2.05) is 13.8 Å². The van der Waals surface area contributed by atoms with Gasteiger partial charge in [-0.25, -0.2) is 17.5 Å². The number of halogens is 2. The van der Waals surface area contributed by atoms with E-state index in [4.69, 9.17) is 0 Å². The molecule has 0 saturated heterocycles. The Bertz CT molecular complexity index is 517. The minimum Gasteiger partial charge on any atom is -0.207 e. The van der Waals surface area contributed by atoms with Crippen LogP contribution >= 0.6 is 22.6 Å². The Labute approximate surface area is 121 Å². The number of nitrogens with one attached hydrogen (secondary N) is 1. The molecule has 0 aliphatic heterocycles. The van der Waals surface area contributed by atoms with Crippen LogP contribution in [-0.4, -0.2) is 18.9 Å². The first-order valence-electron chi connectivity index (χ1n) is 5.62. The van der Waals surface area contributed by atoms with E-state index in [1.54, 1.807) is 6.92 Å². The second-order valence-corrected chi connectivity index (χ2v) is 7.10. The van der Waals surface area contributed by atoms with Crippen molar-refractivity contribution in [3.63, 3.8) is 0 Å². The molecule has 3 nitrogen and oxygen atoms in total. The predicted octanol–water partition coefficient (Wildman–Crippen LogP) is 2.87. The molecule has 0 bridgehead atoms. The topological polar surface area (TPSA) is 46.2 Å². The number of sulfonamides is 1. The number of rotatable bonds is 5. The first kappa shape index (κ1) is 15.8. The third kappa shape index (κ3) is 3.89. The van der Waals surface area contributed by atoms with Crippen molar-refractivity contribution < 1.29 is 12.8 Å². The molecule has 0 saturated carbocycles. The molecule has 1 aromatic carbocycles. The maximum atomic E-state index is 13.2. The van der Waals surface area contributed by atoms with Crippen molar-refractivity contribution in [2.45, 2.75) is 31.7 Å². The van der Waals surface area contributed by atoms with E-state index in [1.165, 1.54) is 12.1 Å². The van der Waals surface area contributed by atoms with Crippen LogP contribution in [0, 0.1) is 18.7 Å². The summed E-state index contributed by atoms with van der Waals surface area (Å²) in [6.45, 7) is 5.55. The summed E-state index contributed by atoms with van der Waals surface area (Å²) in [6.07, 6.45) is 0. The molecule has 0 amide bonds. The molecular weight excluding hydrogens is 368 g/mol. The van der Waals surface area contributed by atoms with Gasteiger partial charge in [0.15, 0.2) is 0 Å². The third-order valence-corrected chi connectivity index (χ3v) is 5.30. The second-order valence-electron chi connectivity index (χ2n) is 4.54. The highest BCUT2D eigenvalue weighted by Gasteiger charge is 2.23. The average Bonchev–Trinajstić information content (AvgIpc) is 2.28. The molecule has 0 aliphatic rings. The lowest BCUT2D eigenvalue weighted by Crippen LogP contribution is -2.39. The van der Waals surface area contributed by atoms with Crippen molar-refractivity contribution >= 4 is 32.6 Å². The summed E-state index contributed by atoms with van der Waals surface area (Å²) in [5.41, 5.74) is 0.542. The van der Waals surface area contributed by atoms with E-state index in [0.717, 1.165) is 6.07 Å². The standard InChI is InChI=1S/C12H17FINO2S/c1-8(2)11(7-14)15-18(16,17)12-6-10(13)5-4-9(12)3/h4-6,8,11,15H,7H2,1-3H3. The summed E-state index contributed by atoms with van der Waals surface area (Å²) in [4.78, 5) is 0.0120. The highest BCUT2D eigenvalue weighted by Crippen LogP contribution is 2.18. The molecule has 0 radical (unpaired) electrons.